The Hall–Kier alpha value is -0.820. The molecule has 0 radical (unpaired) electrons. The summed E-state index contributed by atoms with van der Waals surface area (Å²) in [5.74, 6) is 0.903. The molecule has 0 atom stereocenters. The molecule has 1 saturated carbocycles. The second-order valence-electron chi connectivity index (χ2n) is 7.02. The maximum absolute atomic E-state index is 3.70. The highest BCUT2D eigenvalue weighted by atomic mass is 14.9. The molecule has 1 heteroatoms. The lowest BCUT2D eigenvalue weighted by Crippen LogP contribution is -2.41. The van der Waals surface area contributed by atoms with Crippen LogP contribution in [-0.4, -0.2) is 13.1 Å². The molecule has 1 fully saturated rings. The van der Waals surface area contributed by atoms with Gasteiger partial charge in [-0.15, -0.1) is 0 Å². The molecule has 1 aliphatic rings. The maximum Gasteiger partial charge on any atom is 0.00781 e. The van der Waals surface area contributed by atoms with E-state index in [9.17, 15) is 0 Å². The van der Waals surface area contributed by atoms with E-state index in [1.165, 1.54) is 43.2 Å². The van der Waals surface area contributed by atoms with Crippen LogP contribution in [0.3, 0.4) is 0 Å². The Morgan fingerprint density at radius 1 is 1.10 bits per heavy atom. The number of benzene rings is 1. The number of aryl methyl sites for hydroxylation is 2. The molecule has 1 aromatic carbocycles. The molecule has 20 heavy (non-hydrogen) atoms. The van der Waals surface area contributed by atoms with Gasteiger partial charge in [-0.05, 0) is 64.0 Å². The van der Waals surface area contributed by atoms with Crippen LogP contribution in [0.1, 0.15) is 62.6 Å². The van der Waals surface area contributed by atoms with Crippen molar-refractivity contribution in [2.45, 2.75) is 65.2 Å². The van der Waals surface area contributed by atoms with Crippen molar-refractivity contribution >= 4 is 0 Å². The Balaban J connectivity index is 2.25. The van der Waals surface area contributed by atoms with Gasteiger partial charge in [0.1, 0.15) is 0 Å². The van der Waals surface area contributed by atoms with Crippen LogP contribution in [0.5, 0.6) is 0 Å². The summed E-state index contributed by atoms with van der Waals surface area (Å²) in [7, 11) is 0. The van der Waals surface area contributed by atoms with Crippen molar-refractivity contribution in [3.63, 3.8) is 0 Å². The zero-order valence-corrected chi connectivity index (χ0v) is 13.8. The Kier molecular flexibility index (Phi) is 5.26. The zero-order chi connectivity index (χ0) is 14.6. The zero-order valence-electron chi connectivity index (χ0n) is 13.8. The van der Waals surface area contributed by atoms with E-state index in [0.29, 0.717) is 5.41 Å². The predicted molar refractivity (Wildman–Crippen MR) is 88.4 cm³/mol. The average Bonchev–Trinajstić information content (AvgIpc) is 2.40. The summed E-state index contributed by atoms with van der Waals surface area (Å²) in [4.78, 5) is 0. The van der Waals surface area contributed by atoms with E-state index in [2.05, 4.69) is 51.2 Å². The Labute approximate surface area is 125 Å². The van der Waals surface area contributed by atoms with E-state index in [1.807, 2.05) is 0 Å². The minimum absolute atomic E-state index is 0.373. The second kappa shape index (κ2) is 6.76. The molecule has 1 nitrogen and oxygen atoms in total. The standard InChI is InChI=1S/C19H31N/c1-5-10-20-14-19(8-6-15(2)7-9-19)18-12-16(3)11-17(4)13-18/h11-13,15,20H,5-10,14H2,1-4H3. The van der Waals surface area contributed by atoms with E-state index < -0.39 is 0 Å². The van der Waals surface area contributed by atoms with E-state index >= 15 is 0 Å². The Bertz CT molecular complexity index is 407. The molecular weight excluding hydrogens is 242 g/mol. The fraction of sp³-hybridized carbons (Fsp3) is 0.684. The fourth-order valence-corrected chi connectivity index (χ4v) is 3.67. The molecule has 0 aliphatic heterocycles. The molecule has 1 aliphatic carbocycles. The third kappa shape index (κ3) is 3.63. The summed E-state index contributed by atoms with van der Waals surface area (Å²) in [6.07, 6.45) is 6.66. The van der Waals surface area contributed by atoms with Gasteiger partial charge < -0.3 is 5.32 Å². The van der Waals surface area contributed by atoms with Gasteiger partial charge in [0.25, 0.3) is 0 Å². The highest BCUT2D eigenvalue weighted by Crippen LogP contribution is 2.41. The molecule has 0 heterocycles. The lowest BCUT2D eigenvalue weighted by molar-refractivity contribution is 0.234. The fourth-order valence-electron chi connectivity index (χ4n) is 3.67. The van der Waals surface area contributed by atoms with Crippen molar-refractivity contribution in [2.24, 2.45) is 5.92 Å². The molecular formula is C19H31N. The highest BCUT2D eigenvalue weighted by molar-refractivity contribution is 5.35. The summed E-state index contributed by atoms with van der Waals surface area (Å²) in [6, 6.07) is 7.15. The van der Waals surface area contributed by atoms with E-state index in [-0.39, 0.29) is 0 Å². The van der Waals surface area contributed by atoms with Crippen molar-refractivity contribution in [3.8, 4) is 0 Å². The molecule has 112 valence electrons. The van der Waals surface area contributed by atoms with Gasteiger partial charge in [0.15, 0.2) is 0 Å². The average molecular weight is 273 g/mol. The SMILES string of the molecule is CCCNCC1(c2cc(C)cc(C)c2)CCC(C)CC1. The molecule has 0 bridgehead atoms. The normalized spacial score (nSPS) is 26.7. The van der Waals surface area contributed by atoms with Crippen LogP contribution in [0.25, 0.3) is 0 Å². The second-order valence-corrected chi connectivity index (χ2v) is 7.02. The van der Waals surface area contributed by atoms with Gasteiger partial charge in [-0.2, -0.15) is 0 Å². The lowest BCUT2D eigenvalue weighted by atomic mass is 9.66. The molecule has 2 rings (SSSR count). The minimum atomic E-state index is 0.373. The summed E-state index contributed by atoms with van der Waals surface area (Å²) < 4.78 is 0. The van der Waals surface area contributed by atoms with Gasteiger partial charge >= 0.3 is 0 Å². The largest absolute Gasteiger partial charge is 0.316 e. The van der Waals surface area contributed by atoms with Crippen molar-refractivity contribution in [3.05, 3.63) is 34.9 Å². The van der Waals surface area contributed by atoms with E-state index in [4.69, 9.17) is 0 Å². The van der Waals surface area contributed by atoms with Crippen LogP contribution in [0.4, 0.5) is 0 Å². The predicted octanol–water partition coefficient (Wildman–Crippen LogP) is 4.75. The van der Waals surface area contributed by atoms with Crippen LogP contribution >= 0.6 is 0 Å². The third-order valence-corrected chi connectivity index (χ3v) is 4.96. The van der Waals surface area contributed by atoms with Gasteiger partial charge in [-0.3, -0.25) is 0 Å². The quantitative estimate of drug-likeness (QED) is 0.763. The van der Waals surface area contributed by atoms with Crippen molar-refractivity contribution in [2.75, 3.05) is 13.1 Å². The van der Waals surface area contributed by atoms with Gasteiger partial charge in [0.05, 0.1) is 0 Å². The van der Waals surface area contributed by atoms with Gasteiger partial charge in [0.2, 0.25) is 0 Å². The van der Waals surface area contributed by atoms with E-state index in [1.54, 1.807) is 5.56 Å². The van der Waals surface area contributed by atoms with Crippen molar-refractivity contribution in [1.29, 1.82) is 0 Å². The number of hydrogen-bond donors (Lipinski definition) is 1. The van der Waals surface area contributed by atoms with Crippen LogP contribution in [0.15, 0.2) is 18.2 Å². The molecule has 1 N–H and O–H groups in total. The van der Waals surface area contributed by atoms with E-state index in [0.717, 1.165) is 19.0 Å². The van der Waals surface area contributed by atoms with Crippen LogP contribution < -0.4 is 5.32 Å². The Morgan fingerprint density at radius 2 is 1.70 bits per heavy atom. The van der Waals surface area contributed by atoms with Crippen LogP contribution in [0.2, 0.25) is 0 Å². The number of rotatable bonds is 5. The molecule has 0 spiro atoms. The van der Waals surface area contributed by atoms with Crippen molar-refractivity contribution < 1.29 is 0 Å². The highest BCUT2D eigenvalue weighted by Gasteiger charge is 2.35. The smallest absolute Gasteiger partial charge is 0.00781 e. The summed E-state index contributed by atoms with van der Waals surface area (Å²) in [5.41, 5.74) is 4.77. The summed E-state index contributed by atoms with van der Waals surface area (Å²) >= 11 is 0. The lowest BCUT2D eigenvalue weighted by Gasteiger charge is -2.40. The van der Waals surface area contributed by atoms with Crippen molar-refractivity contribution in [1.82, 2.24) is 5.32 Å². The van der Waals surface area contributed by atoms with Crippen LogP contribution in [0, 0.1) is 19.8 Å². The number of hydrogen-bond acceptors (Lipinski definition) is 1. The number of nitrogens with one attached hydrogen (secondary N) is 1. The Morgan fingerprint density at radius 3 is 2.25 bits per heavy atom. The first-order valence-corrected chi connectivity index (χ1v) is 8.35. The molecule has 0 aromatic heterocycles. The van der Waals surface area contributed by atoms with Gasteiger partial charge in [-0.25, -0.2) is 0 Å². The molecule has 1 aromatic rings. The minimum Gasteiger partial charge on any atom is -0.316 e. The maximum atomic E-state index is 3.70. The molecule has 0 unspecified atom stereocenters. The summed E-state index contributed by atoms with van der Waals surface area (Å²) in [5, 5.41) is 3.70. The molecule has 0 saturated heterocycles. The summed E-state index contributed by atoms with van der Waals surface area (Å²) in [6.45, 7) is 11.4. The van der Waals surface area contributed by atoms with Gasteiger partial charge in [0, 0.05) is 12.0 Å². The first kappa shape index (κ1) is 15.6. The van der Waals surface area contributed by atoms with Crippen LogP contribution in [-0.2, 0) is 5.41 Å². The monoisotopic (exact) mass is 273 g/mol. The molecule has 0 amide bonds. The first-order chi connectivity index (χ1) is 9.55. The van der Waals surface area contributed by atoms with Gasteiger partial charge in [-0.1, -0.05) is 43.2 Å². The topological polar surface area (TPSA) is 12.0 Å². The third-order valence-electron chi connectivity index (χ3n) is 4.96. The first-order valence-electron chi connectivity index (χ1n) is 8.35.